The molecule has 0 saturated carbocycles. The second-order valence-electron chi connectivity index (χ2n) is 6.14. The van der Waals surface area contributed by atoms with E-state index in [1.54, 1.807) is 0 Å². The van der Waals surface area contributed by atoms with Crippen LogP contribution in [0, 0.1) is 26.7 Å². The summed E-state index contributed by atoms with van der Waals surface area (Å²) in [5.41, 5.74) is 4.89. The minimum absolute atomic E-state index is 0.0577. The quantitative estimate of drug-likeness (QED) is 0.766. The molecule has 23 heavy (non-hydrogen) atoms. The van der Waals surface area contributed by atoms with Crippen LogP contribution in [0.2, 0.25) is 0 Å². The molecule has 1 heterocycles. The number of aryl methyl sites for hydroxylation is 3. The minimum Gasteiger partial charge on any atom is -0.387 e. The summed E-state index contributed by atoms with van der Waals surface area (Å²) >= 11 is 0. The van der Waals surface area contributed by atoms with Gasteiger partial charge in [-0.15, -0.1) is 0 Å². The van der Waals surface area contributed by atoms with Crippen LogP contribution in [0.5, 0.6) is 0 Å². The molecule has 5 heteroatoms. The van der Waals surface area contributed by atoms with Crippen molar-refractivity contribution in [3.63, 3.8) is 0 Å². The highest BCUT2D eigenvalue weighted by Gasteiger charge is 2.18. The van der Waals surface area contributed by atoms with Gasteiger partial charge in [0.2, 0.25) is 5.91 Å². The van der Waals surface area contributed by atoms with Crippen LogP contribution in [0.4, 0.5) is 0 Å². The number of rotatable bonds is 6. The standard InChI is InChI=1S/C18H25N3O2/c1-11-7-5-6-8-15(11)17(22)10-19-18(23)12(2)9-16-13(3)20-21-14(16)4/h5-8,12,17,22H,9-10H2,1-4H3,(H,19,23)(H,20,21)/t12-,17+/m0/s1. The van der Waals surface area contributed by atoms with E-state index in [1.807, 2.05) is 52.0 Å². The lowest BCUT2D eigenvalue weighted by Gasteiger charge is -2.17. The fraction of sp³-hybridized carbons (Fsp3) is 0.444. The first-order chi connectivity index (χ1) is 10.9. The van der Waals surface area contributed by atoms with Gasteiger partial charge < -0.3 is 10.4 Å². The summed E-state index contributed by atoms with van der Waals surface area (Å²) in [6.07, 6.45) is -0.0507. The molecule has 0 fully saturated rings. The van der Waals surface area contributed by atoms with E-state index in [2.05, 4.69) is 15.5 Å². The summed E-state index contributed by atoms with van der Waals surface area (Å²) in [5, 5.41) is 20.2. The predicted molar refractivity (Wildman–Crippen MR) is 90.1 cm³/mol. The van der Waals surface area contributed by atoms with Crippen molar-refractivity contribution in [3.05, 3.63) is 52.3 Å². The van der Waals surface area contributed by atoms with Gasteiger partial charge in [-0.2, -0.15) is 5.10 Å². The molecule has 1 amide bonds. The Balaban J connectivity index is 1.90. The van der Waals surface area contributed by atoms with Gasteiger partial charge in [0.25, 0.3) is 0 Å². The van der Waals surface area contributed by atoms with Crippen molar-refractivity contribution in [3.8, 4) is 0 Å². The number of benzene rings is 1. The molecular weight excluding hydrogens is 290 g/mol. The van der Waals surface area contributed by atoms with Crippen molar-refractivity contribution >= 4 is 5.91 Å². The molecule has 0 saturated heterocycles. The summed E-state index contributed by atoms with van der Waals surface area (Å²) in [6, 6.07) is 7.66. The average molecular weight is 315 g/mol. The maximum absolute atomic E-state index is 12.3. The number of carbonyl (C=O) groups is 1. The Kier molecular flexibility index (Phi) is 5.55. The Bertz CT molecular complexity index is 659. The zero-order valence-corrected chi connectivity index (χ0v) is 14.2. The van der Waals surface area contributed by atoms with Crippen LogP contribution in [-0.4, -0.2) is 27.8 Å². The number of nitrogens with zero attached hydrogens (tertiary/aromatic N) is 1. The number of hydrogen-bond donors (Lipinski definition) is 3. The Labute approximate surface area is 137 Å². The summed E-state index contributed by atoms with van der Waals surface area (Å²) < 4.78 is 0. The van der Waals surface area contributed by atoms with Crippen molar-refractivity contribution in [2.24, 2.45) is 5.92 Å². The first kappa shape index (κ1) is 17.2. The third-order valence-corrected chi connectivity index (χ3v) is 4.26. The normalized spacial score (nSPS) is 13.6. The van der Waals surface area contributed by atoms with Crippen LogP contribution < -0.4 is 5.32 Å². The fourth-order valence-corrected chi connectivity index (χ4v) is 2.72. The van der Waals surface area contributed by atoms with Gasteiger partial charge in [-0.3, -0.25) is 9.89 Å². The van der Waals surface area contributed by atoms with Crippen LogP contribution in [-0.2, 0) is 11.2 Å². The molecule has 3 N–H and O–H groups in total. The maximum atomic E-state index is 12.3. The summed E-state index contributed by atoms with van der Waals surface area (Å²) in [6.45, 7) is 7.96. The molecule has 2 aromatic rings. The van der Waals surface area contributed by atoms with Crippen molar-refractivity contribution < 1.29 is 9.90 Å². The van der Waals surface area contributed by atoms with Gasteiger partial charge in [-0.1, -0.05) is 31.2 Å². The fourth-order valence-electron chi connectivity index (χ4n) is 2.72. The number of hydrogen-bond acceptors (Lipinski definition) is 3. The van der Waals surface area contributed by atoms with Crippen molar-refractivity contribution in [2.45, 2.75) is 40.2 Å². The lowest BCUT2D eigenvalue weighted by atomic mass is 9.98. The van der Waals surface area contributed by atoms with E-state index in [9.17, 15) is 9.90 Å². The number of aromatic amines is 1. The average Bonchev–Trinajstić information content (AvgIpc) is 2.84. The van der Waals surface area contributed by atoms with Gasteiger partial charge in [-0.05, 0) is 43.9 Å². The van der Waals surface area contributed by atoms with Crippen molar-refractivity contribution in [1.82, 2.24) is 15.5 Å². The summed E-state index contributed by atoms with van der Waals surface area (Å²) in [4.78, 5) is 12.3. The number of H-pyrrole nitrogens is 1. The first-order valence-corrected chi connectivity index (χ1v) is 7.92. The van der Waals surface area contributed by atoms with Gasteiger partial charge in [0.15, 0.2) is 0 Å². The largest absolute Gasteiger partial charge is 0.387 e. The monoisotopic (exact) mass is 315 g/mol. The zero-order valence-electron chi connectivity index (χ0n) is 14.2. The van der Waals surface area contributed by atoms with E-state index in [0.29, 0.717) is 6.42 Å². The number of aromatic nitrogens is 2. The summed E-state index contributed by atoms with van der Waals surface area (Å²) in [7, 11) is 0. The highest BCUT2D eigenvalue weighted by Crippen LogP contribution is 2.18. The molecule has 2 atom stereocenters. The SMILES string of the molecule is Cc1ccccc1[C@H](O)CNC(=O)[C@@H](C)Cc1c(C)n[nH]c1C. The predicted octanol–water partition coefficient (Wildman–Crippen LogP) is 2.36. The number of nitrogens with one attached hydrogen (secondary N) is 2. The molecule has 0 aliphatic heterocycles. The van der Waals surface area contributed by atoms with E-state index < -0.39 is 6.10 Å². The number of amides is 1. The second kappa shape index (κ2) is 7.42. The van der Waals surface area contributed by atoms with Gasteiger partial charge in [0.1, 0.15) is 0 Å². The molecule has 0 spiro atoms. The molecule has 1 aromatic carbocycles. The van der Waals surface area contributed by atoms with E-state index in [-0.39, 0.29) is 18.4 Å². The van der Waals surface area contributed by atoms with Gasteiger partial charge in [-0.25, -0.2) is 0 Å². The lowest BCUT2D eigenvalue weighted by molar-refractivity contribution is -0.124. The lowest BCUT2D eigenvalue weighted by Crippen LogP contribution is -2.33. The third kappa shape index (κ3) is 4.20. The molecular formula is C18H25N3O2. The molecule has 0 aliphatic carbocycles. The molecule has 0 radical (unpaired) electrons. The Morgan fingerprint density at radius 2 is 2.00 bits per heavy atom. The topological polar surface area (TPSA) is 78.0 Å². The number of carbonyl (C=O) groups excluding carboxylic acids is 1. The smallest absolute Gasteiger partial charge is 0.223 e. The molecule has 0 unspecified atom stereocenters. The van der Waals surface area contributed by atoms with Crippen LogP contribution in [0.15, 0.2) is 24.3 Å². The Hall–Kier alpha value is -2.14. The molecule has 0 bridgehead atoms. The maximum Gasteiger partial charge on any atom is 0.223 e. The molecule has 124 valence electrons. The Morgan fingerprint density at radius 3 is 2.61 bits per heavy atom. The van der Waals surface area contributed by atoms with Gasteiger partial charge in [0.05, 0.1) is 11.8 Å². The molecule has 0 aliphatic rings. The number of aliphatic hydroxyl groups excluding tert-OH is 1. The van der Waals surface area contributed by atoms with Gasteiger partial charge >= 0.3 is 0 Å². The van der Waals surface area contributed by atoms with E-state index >= 15 is 0 Å². The van der Waals surface area contributed by atoms with Crippen LogP contribution in [0.25, 0.3) is 0 Å². The van der Waals surface area contributed by atoms with E-state index in [4.69, 9.17) is 0 Å². The molecule has 5 nitrogen and oxygen atoms in total. The molecule has 2 rings (SSSR count). The second-order valence-corrected chi connectivity index (χ2v) is 6.14. The van der Waals surface area contributed by atoms with Crippen LogP contribution in [0.3, 0.4) is 0 Å². The molecule has 1 aromatic heterocycles. The zero-order chi connectivity index (χ0) is 17.0. The summed E-state index contributed by atoms with van der Waals surface area (Å²) in [5.74, 6) is -0.230. The first-order valence-electron chi connectivity index (χ1n) is 7.92. The van der Waals surface area contributed by atoms with Crippen LogP contribution >= 0.6 is 0 Å². The van der Waals surface area contributed by atoms with Gasteiger partial charge in [0, 0.05) is 18.2 Å². The van der Waals surface area contributed by atoms with Crippen molar-refractivity contribution in [1.29, 1.82) is 0 Å². The number of aliphatic hydroxyl groups is 1. The van der Waals surface area contributed by atoms with E-state index in [1.165, 1.54) is 0 Å². The Morgan fingerprint density at radius 1 is 1.30 bits per heavy atom. The minimum atomic E-state index is -0.690. The highest BCUT2D eigenvalue weighted by atomic mass is 16.3. The van der Waals surface area contributed by atoms with Crippen molar-refractivity contribution in [2.75, 3.05) is 6.54 Å². The van der Waals surface area contributed by atoms with Crippen LogP contribution in [0.1, 0.15) is 41.1 Å². The highest BCUT2D eigenvalue weighted by molar-refractivity contribution is 5.78. The van der Waals surface area contributed by atoms with E-state index in [0.717, 1.165) is 28.1 Å². The third-order valence-electron chi connectivity index (χ3n) is 4.26.